The number of nitrogens with one attached hydrogen (secondary N) is 2. The Morgan fingerprint density at radius 1 is 1.06 bits per heavy atom. The van der Waals surface area contributed by atoms with Gasteiger partial charge in [-0.2, -0.15) is 0 Å². The van der Waals surface area contributed by atoms with Crippen LogP contribution in [0.3, 0.4) is 0 Å². The van der Waals surface area contributed by atoms with Crippen molar-refractivity contribution in [2.24, 2.45) is 5.41 Å². The van der Waals surface area contributed by atoms with Crippen molar-refractivity contribution < 1.29 is 19.5 Å². The summed E-state index contributed by atoms with van der Waals surface area (Å²) in [5.74, 6) is -1.57. The van der Waals surface area contributed by atoms with Crippen LogP contribution in [0.5, 0.6) is 0 Å². The highest BCUT2D eigenvalue weighted by Crippen LogP contribution is 2.28. The normalized spacial score (nSPS) is 14.5. The van der Waals surface area contributed by atoms with Gasteiger partial charge in [-0.1, -0.05) is 71.0 Å². The van der Waals surface area contributed by atoms with E-state index >= 15 is 0 Å². The number of carbonyl (C=O) groups excluding carboxylic acids is 2. The van der Waals surface area contributed by atoms with Crippen LogP contribution in [-0.2, 0) is 19.8 Å². The van der Waals surface area contributed by atoms with Gasteiger partial charge in [-0.25, -0.2) is 4.79 Å². The summed E-state index contributed by atoms with van der Waals surface area (Å²) >= 11 is 0. The minimum absolute atomic E-state index is 0.143. The summed E-state index contributed by atoms with van der Waals surface area (Å²) < 4.78 is 0. The molecular formula is C24H37N3O4. The van der Waals surface area contributed by atoms with Gasteiger partial charge in [0, 0.05) is 24.6 Å². The van der Waals surface area contributed by atoms with E-state index < -0.39 is 28.9 Å². The molecule has 2 amide bonds. The number of nitrogens with zero attached hydrogens (tertiary/aromatic N) is 1. The first-order valence-corrected chi connectivity index (χ1v) is 10.4. The SMILES string of the molecule is CNC(C(=O)NC(C(=O)N(C)C/C=C(\C)C(=O)O)C(C)(C)C)C(C)(C)c1ccccc1. The number of benzene rings is 1. The first-order chi connectivity index (χ1) is 14.2. The topological polar surface area (TPSA) is 98.7 Å². The molecule has 0 aliphatic heterocycles. The lowest BCUT2D eigenvalue weighted by atomic mass is 9.76. The molecule has 0 spiro atoms. The number of hydrogen-bond donors (Lipinski definition) is 3. The molecule has 0 saturated heterocycles. The van der Waals surface area contributed by atoms with Crippen LogP contribution in [-0.4, -0.2) is 60.5 Å². The fourth-order valence-corrected chi connectivity index (χ4v) is 3.40. The van der Waals surface area contributed by atoms with Crippen molar-refractivity contribution in [3.05, 3.63) is 47.5 Å². The fraction of sp³-hybridized carbons (Fsp3) is 0.542. The van der Waals surface area contributed by atoms with Gasteiger partial charge in [0.2, 0.25) is 11.8 Å². The van der Waals surface area contributed by atoms with Gasteiger partial charge in [0.05, 0.1) is 6.04 Å². The third-order valence-corrected chi connectivity index (χ3v) is 5.57. The molecule has 0 radical (unpaired) electrons. The van der Waals surface area contributed by atoms with Crippen LogP contribution < -0.4 is 10.6 Å². The van der Waals surface area contributed by atoms with E-state index in [1.165, 1.54) is 17.9 Å². The molecule has 1 aromatic rings. The highest BCUT2D eigenvalue weighted by Gasteiger charge is 2.40. The number of likely N-dealkylation sites (N-methyl/N-ethyl adjacent to an activating group) is 2. The summed E-state index contributed by atoms with van der Waals surface area (Å²) in [4.78, 5) is 38.9. The smallest absolute Gasteiger partial charge is 0.331 e. The van der Waals surface area contributed by atoms with Crippen molar-refractivity contribution in [1.29, 1.82) is 0 Å². The molecule has 0 aliphatic carbocycles. The number of carbonyl (C=O) groups is 3. The number of carboxylic acid groups (broad SMARTS) is 1. The lowest BCUT2D eigenvalue weighted by Gasteiger charge is -2.38. The Hall–Kier alpha value is -2.67. The third-order valence-electron chi connectivity index (χ3n) is 5.57. The summed E-state index contributed by atoms with van der Waals surface area (Å²) in [5, 5.41) is 15.1. The number of carboxylic acids is 1. The van der Waals surface area contributed by atoms with E-state index in [1.807, 2.05) is 65.0 Å². The summed E-state index contributed by atoms with van der Waals surface area (Å²) in [6, 6.07) is 8.43. The number of rotatable bonds is 9. The van der Waals surface area contributed by atoms with E-state index in [4.69, 9.17) is 5.11 Å². The van der Waals surface area contributed by atoms with E-state index in [9.17, 15) is 14.4 Å². The Morgan fingerprint density at radius 2 is 1.61 bits per heavy atom. The summed E-state index contributed by atoms with van der Waals surface area (Å²) in [6.07, 6.45) is 1.48. The molecule has 0 saturated carbocycles. The molecule has 2 unspecified atom stereocenters. The molecule has 0 aliphatic rings. The average molecular weight is 432 g/mol. The van der Waals surface area contributed by atoms with Gasteiger partial charge in [0.25, 0.3) is 0 Å². The van der Waals surface area contributed by atoms with Crippen molar-refractivity contribution in [2.45, 2.75) is 59.0 Å². The third kappa shape index (κ3) is 6.92. The minimum Gasteiger partial charge on any atom is -0.478 e. The quantitative estimate of drug-likeness (QED) is 0.522. The monoisotopic (exact) mass is 431 g/mol. The molecule has 0 heterocycles. The maximum absolute atomic E-state index is 13.3. The number of amides is 2. The second-order valence-electron chi connectivity index (χ2n) is 9.53. The second kappa shape index (κ2) is 10.6. The largest absolute Gasteiger partial charge is 0.478 e. The average Bonchev–Trinajstić information content (AvgIpc) is 2.69. The van der Waals surface area contributed by atoms with Gasteiger partial charge in [-0.15, -0.1) is 0 Å². The Balaban J connectivity index is 3.10. The first-order valence-electron chi connectivity index (χ1n) is 10.4. The van der Waals surface area contributed by atoms with E-state index in [2.05, 4.69) is 10.6 Å². The molecular weight excluding hydrogens is 394 g/mol. The Kier molecular flexibility index (Phi) is 8.99. The van der Waals surface area contributed by atoms with Crippen molar-refractivity contribution in [2.75, 3.05) is 20.6 Å². The Bertz CT molecular complexity index is 810. The van der Waals surface area contributed by atoms with Crippen LogP contribution in [0.25, 0.3) is 0 Å². The second-order valence-corrected chi connectivity index (χ2v) is 9.53. The molecule has 1 rings (SSSR count). The summed E-state index contributed by atoms with van der Waals surface area (Å²) in [7, 11) is 3.33. The Labute approximate surface area is 185 Å². The van der Waals surface area contributed by atoms with Gasteiger partial charge in [0.15, 0.2) is 0 Å². The highest BCUT2D eigenvalue weighted by molar-refractivity contribution is 5.91. The molecule has 0 aromatic heterocycles. The standard InChI is InChI=1S/C24H37N3O4/c1-16(22(30)31)14-15-27(8)21(29)19(23(2,3)4)26-20(28)18(25-7)24(5,6)17-12-10-9-11-13-17/h9-14,18-19,25H,15H2,1-8H3,(H,26,28)(H,30,31)/b16-14+. The highest BCUT2D eigenvalue weighted by atomic mass is 16.4. The van der Waals surface area contributed by atoms with E-state index in [1.54, 1.807) is 14.1 Å². The summed E-state index contributed by atoms with van der Waals surface area (Å²) in [5.41, 5.74) is 0.117. The lowest BCUT2D eigenvalue weighted by molar-refractivity contribution is -0.139. The molecule has 31 heavy (non-hydrogen) atoms. The molecule has 3 N–H and O–H groups in total. The molecule has 1 aromatic carbocycles. The van der Waals surface area contributed by atoms with Gasteiger partial charge in [-0.3, -0.25) is 9.59 Å². The van der Waals surface area contributed by atoms with Gasteiger partial charge >= 0.3 is 5.97 Å². The lowest BCUT2D eigenvalue weighted by Crippen LogP contribution is -2.60. The number of hydrogen-bond acceptors (Lipinski definition) is 4. The van der Waals surface area contributed by atoms with Crippen LogP contribution in [0.2, 0.25) is 0 Å². The van der Waals surface area contributed by atoms with Crippen LogP contribution in [0.4, 0.5) is 0 Å². The zero-order valence-corrected chi connectivity index (χ0v) is 19.9. The number of aliphatic carboxylic acids is 1. The maximum Gasteiger partial charge on any atom is 0.331 e. The van der Waals surface area contributed by atoms with Crippen LogP contribution in [0, 0.1) is 5.41 Å². The summed E-state index contributed by atoms with van der Waals surface area (Å²) in [6.45, 7) is 11.3. The van der Waals surface area contributed by atoms with Gasteiger partial charge < -0.3 is 20.6 Å². The molecule has 7 nitrogen and oxygen atoms in total. The molecule has 7 heteroatoms. The first kappa shape index (κ1) is 26.4. The maximum atomic E-state index is 13.3. The van der Waals surface area contributed by atoms with Crippen LogP contribution in [0.1, 0.15) is 47.1 Å². The van der Waals surface area contributed by atoms with E-state index in [0.29, 0.717) is 0 Å². The van der Waals surface area contributed by atoms with E-state index in [0.717, 1.165) is 5.56 Å². The predicted molar refractivity (Wildman–Crippen MR) is 123 cm³/mol. The molecule has 0 fully saturated rings. The van der Waals surface area contributed by atoms with Crippen molar-refractivity contribution >= 4 is 17.8 Å². The minimum atomic E-state index is -1.03. The zero-order valence-electron chi connectivity index (χ0n) is 19.9. The van der Waals surface area contributed by atoms with Crippen LogP contribution in [0.15, 0.2) is 42.0 Å². The van der Waals surface area contributed by atoms with Gasteiger partial charge in [0.1, 0.15) is 6.04 Å². The van der Waals surface area contributed by atoms with Crippen molar-refractivity contribution in [3.63, 3.8) is 0 Å². The Morgan fingerprint density at radius 3 is 2.06 bits per heavy atom. The predicted octanol–water partition coefficient (Wildman–Crippen LogP) is 2.57. The van der Waals surface area contributed by atoms with Crippen molar-refractivity contribution in [3.8, 4) is 0 Å². The van der Waals surface area contributed by atoms with Gasteiger partial charge in [-0.05, 0) is 24.9 Å². The molecule has 172 valence electrons. The van der Waals surface area contributed by atoms with Crippen molar-refractivity contribution in [1.82, 2.24) is 15.5 Å². The fourth-order valence-electron chi connectivity index (χ4n) is 3.40. The molecule has 0 bridgehead atoms. The van der Waals surface area contributed by atoms with E-state index in [-0.39, 0.29) is 23.9 Å². The molecule has 2 atom stereocenters. The zero-order chi connectivity index (χ0) is 24.0. The van der Waals surface area contributed by atoms with Crippen LogP contribution >= 0.6 is 0 Å².